The van der Waals surface area contributed by atoms with E-state index in [1.54, 1.807) is 18.2 Å². The summed E-state index contributed by atoms with van der Waals surface area (Å²) >= 11 is 0. The third kappa shape index (κ3) is 7.61. The summed E-state index contributed by atoms with van der Waals surface area (Å²) in [6, 6.07) is 5.07. The van der Waals surface area contributed by atoms with Gasteiger partial charge in [-0.3, -0.25) is 9.80 Å². The first-order valence-electron chi connectivity index (χ1n) is 21.1. The van der Waals surface area contributed by atoms with E-state index in [-0.39, 0.29) is 84.0 Å². The Labute approximate surface area is 356 Å². The van der Waals surface area contributed by atoms with Crippen molar-refractivity contribution in [2.24, 2.45) is 0 Å². The predicted octanol–water partition coefficient (Wildman–Crippen LogP) is 7.94. The summed E-state index contributed by atoms with van der Waals surface area (Å²) in [7, 11) is 1.47. The minimum Gasteiger partial charge on any atom is -0.468 e. The average Bonchev–Trinajstić information content (AvgIpc) is 3.86. The molecule has 0 radical (unpaired) electrons. The van der Waals surface area contributed by atoms with Crippen molar-refractivity contribution in [1.29, 1.82) is 0 Å². The lowest BCUT2D eigenvalue weighted by molar-refractivity contribution is -0.177. The molecule has 0 unspecified atom stereocenters. The molecule has 0 N–H and O–H groups in total. The van der Waals surface area contributed by atoms with Gasteiger partial charge >= 0.3 is 18.3 Å². The van der Waals surface area contributed by atoms with Crippen LogP contribution in [-0.4, -0.2) is 119 Å². The molecular weight excluding hydrogens is 816 g/mol. The lowest BCUT2D eigenvalue weighted by Gasteiger charge is -2.47. The van der Waals surface area contributed by atoms with Crippen LogP contribution in [0.3, 0.4) is 0 Å². The van der Waals surface area contributed by atoms with E-state index < -0.39 is 35.6 Å². The minimum absolute atomic E-state index is 0.0479. The highest BCUT2D eigenvalue weighted by Gasteiger charge is 2.52. The molecule has 17 heteroatoms. The number of benzene rings is 2. The van der Waals surface area contributed by atoms with Gasteiger partial charge in [-0.25, -0.2) is 18.6 Å². The predicted molar refractivity (Wildman–Crippen MR) is 219 cm³/mol. The van der Waals surface area contributed by atoms with Crippen molar-refractivity contribution in [1.82, 2.24) is 24.8 Å². The highest BCUT2D eigenvalue weighted by molar-refractivity contribution is 6.03. The molecule has 5 aliphatic heterocycles. The monoisotopic (exact) mass is 864 g/mol. The number of hydrogen-bond donors (Lipinski definition) is 0. The van der Waals surface area contributed by atoms with Crippen molar-refractivity contribution in [2.45, 2.75) is 114 Å². The zero-order chi connectivity index (χ0) is 43.7. The van der Waals surface area contributed by atoms with E-state index in [0.29, 0.717) is 66.8 Å². The van der Waals surface area contributed by atoms with E-state index in [1.807, 2.05) is 25.7 Å². The van der Waals surface area contributed by atoms with Gasteiger partial charge in [0.05, 0.1) is 46.9 Å². The zero-order valence-electron chi connectivity index (χ0n) is 35.1. The van der Waals surface area contributed by atoms with E-state index in [4.69, 9.17) is 45.1 Å². The molecule has 0 spiro atoms. The van der Waals surface area contributed by atoms with Gasteiger partial charge in [0.1, 0.15) is 47.4 Å². The third-order valence-corrected chi connectivity index (χ3v) is 13.0. The summed E-state index contributed by atoms with van der Waals surface area (Å²) < 4.78 is 100. The highest BCUT2D eigenvalue weighted by Crippen LogP contribution is 2.47. The molecule has 5 aliphatic rings. The number of pyridine rings is 1. The number of carbonyl (C=O) groups excluding carboxylic acids is 1. The number of anilines is 1. The summed E-state index contributed by atoms with van der Waals surface area (Å²) in [6.07, 6.45) is 6.34. The van der Waals surface area contributed by atoms with Crippen molar-refractivity contribution in [3.05, 3.63) is 47.2 Å². The van der Waals surface area contributed by atoms with E-state index in [1.165, 1.54) is 13.2 Å². The molecule has 62 heavy (non-hydrogen) atoms. The molecular formula is C45H49F5N6O6. The molecule has 330 valence electrons. The first-order chi connectivity index (χ1) is 29.6. The second-order valence-electron chi connectivity index (χ2n) is 18.0. The Balaban J connectivity index is 1.15. The SMILES string of the molecule is C#Cc1c(F)ccc2cc(OCOC)cc(-c3nc4c5c(nc(OC[C@@]67CCCN6[C@H](COCC(F)(F)F)CC7)nc5c3F)N3C[C@H]5CC[C@@H]([C@H]3CC4)N5C(=O)OC(C)(C)C)c12. The number of aryl methyl sites for hydroxylation is 1. The Morgan fingerprint density at radius 2 is 1.82 bits per heavy atom. The Bertz CT molecular complexity index is 2460. The second kappa shape index (κ2) is 15.9. The van der Waals surface area contributed by atoms with Crippen LogP contribution >= 0.6 is 0 Å². The van der Waals surface area contributed by atoms with Gasteiger partial charge in [-0.15, -0.1) is 6.42 Å². The van der Waals surface area contributed by atoms with Crippen LogP contribution in [0.1, 0.15) is 77.0 Å². The number of alkyl halides is 3. The number of rotatable bonds is 10. The number of halogens is 5. The lowest BCUT2D eigenvalue weighted by Crippen LogP contribution is -2.62. The normalized spacial score (nSPS) is 24.6. The fourth-order valence-electron chi connectivity index (χ4n) is 10.6. The van der Waals surface area contributed by atoms with Crippen molar-refractivity contribution in [3.8, 4) is 35.4 Å². The van der Waals surface area contributed by atoms with E-state index in [0.717, 1.165) is 25.7 Å². The van der Waals surface area contributed by atoms with Gasteiger partial charge in [-0.2, -0.15) is 23.1 Å². The van der Waals surface area contributed by atoms with Gasteiger partial charge in [0.25, 0.3) is 0 Å². The maximum Gasteiger partial charge on any atom is 0.411 e. The molecule has 5 atom stereocenters. The summed E-state index contributed by atoms with van der Waals surface area (Å²) in [6.45, 7) is 5.23. The number of terminal acetylenes is 1. The molecule has 9 rings (SSSR count). The largest absolute Gasteiger partial charge is 0.468 e. The molecule has 0 saturated carbocycles. The van der Waals surface area contributed by atoms with Crippen molar-refractivity contribution in [2.75, 3.05) is 51.7 Å². The van der Waals surface area contributed by atoms with E-state index in [2.05, 4.69) is 15.7 Å². The fourth-order valence-corrected chi connectivity index (χ4v) is 10.6. The van der Waals surface area contributed by atoms with Gasteiger partial charge < -0.3 is 28.6 Å². The number of fused-ring (bicyclic) bond motifs is 7. The van der Waals surface area contributed by atoms with Crippen LogP contribution < -0.4 is 14.4 Å². The van der Waals surface area contributed by atoms with Crippen LogP contribution in [0.4, 0.5) is 32.6 Å². The second-order valence-corrected chi connectivity index (χ2v) is 18.0. The van der Waals surface area contributed by atoms with Gasteiger partial charge in [-0.05, 0) is 102 Å². The van der Waals surface area contributed by atoms with Crippen LogP contribution in [-0.2, 0) is 20.6 Å². The van der Waals surface area contributed by atoms with Crippen LogP contribution in [0.5, 0.6) is 11.8 Å². The zero-order valence-corrected chi connectivity index (χ0v) is 35.1. The van der Waals surface area contributed by atoms with Crippen LogP contribution in [0, 0.1) is 24.0 Å². The summed E-state index contributed by atoms with van der Waals surface area (Å²) in [5.74, 6) is 1.74. The number of methoxy groups -OCH3 is 1. The smallest absolute Gasteiger partial charge is 0.411 e. The number of nitrogens with zero attached hydrogens (tertiary/aromatic N) is 6. The van der Waals surface area contributed by atoms with Gasteiger partial charge in [0.2, 0.25) is 0 Å². The van der Waals surface area contributed by atoms with E-state index >= 15 is 8.78 Å². The van der Waals surface area contributed by atoms with Crippen LogP contribution in [0.15, 0.2) is 24.3 Å². The number of carbonyl (C=O) groups is 1. The first-order valence-corrected chi connectivity index (χ1v) is 21.1. The number of ether oxygens (including phenoxy) is 5. The van der Waals surface area contributed by atoms with Crippen molar-refractivity contribution >= 4 is 33.6 Å². The van der Waals surface area contributed by atoms with Gasteiger partial charge in [0.15, 0.2) is 12.6 Å². The minimum atomic E-state index is -4.42. The van der Waals surface area contributed by atoms with Crippen LogP contribution in [0.25, 0.3) is 32.9 Å². The Morgan fingerprint density at radius 3 is 2.58 bits per heavy atom. The average molecular weight is 865 g/mol. The molecule has 2 aromatic heterocycles. The Morgan fingerprint density at radius 1 is 1.00 bits per heavy atom. The molecule has 12 nitrogen and oxygen atoms in total. The number of amides is 1. The molecule has 4 aromatic rings. The summed E-state index contributed by atoms with van der Waals surface area (Å²) in [5.41, 5.74) is -0.713. The number of piperazine rings is 1. The maximum atomic E-state index is 17.7. The fraction of sp³-hybridized carbons (Fsp3) is 0.556. The maximum absolute atomic E-state index is 17.7. The molecule has 2 bridgehead atoms. The molecule has 4 fully saturated rings. The number of aromatic nitrogens is 3. The Kier molecular flexibility index (Phi) is 10.9. The quantitative estimate of drug-likeness (QED) is 0.0881. The van der Waals surface area contributed by atoms with Crippen molar-refractivity contribution < 1.29 is 50.4 Å². The summed E-state index contributed by atoms with van der Waals surface area (Å²) in [5, 5.41) is 1.18. The van der Waals surface area contributed by atoms with E-state index in [9.17, 15) is 18.0 Å². The van der Waals surface area contributed by atoms with Gasteiger partial charge in [-0.1, -0.05) is 12.0 Å². The molecule has 1 amide bonds. The molecule has 0 aliphatic carbocycles. The summed E-state index contributed by atoms with van der Waals surface area (Å²) in [4.78, 5) is 34.7. The number of hydrogen-bond acceptors (Lipinski definition) is 11. The van der Waals surface area contributed by atoms with Crippen molar-refractivity contribution in [3.63, 3.8) is 0 Å². The van der Waals surface area contributed by atoms with Crippen LogP contribution in [0.2, 0.25) is 0 Å². The standard InChI is InChI=1S/C45H49F5N6O6/c1-6-29-31(46)10-8-25-18-28(61-24-58-5)19-30(35(25)29)38-37(47)39-36-32(51-38)11-13-33-34-12-9-26(56(34)42(57)62-43(2,3)4)20-54(33)40(36)53-41(52-39)60-22-44-15-7-17-55(44)27(14-16-44)21-59-23-45(48,49)50/h1,8,10,18-19,26-27,33-34H,7,9,11-17,20-24H2,2-5H3/t26-,27+,33-,34+,44+/m1/s1. The topological polar surface area (TPSA) is 112 Å². The first kappa shape index (κ1) is 42.3. The lowest BCUT2D eigenvalue weighted by atomic mass is 9.95. The molecule has 2 aromatic carbocycles. The highest BCUT2D eigenvalue weighted by atomic mass is 19.4. The van der Waals surface area contributed by atoms with Gasteiger partial charge in [0, 0.05) is 30.6 Å². The molecule has 4 saturated heterocycles. The third-order valence-electron chi connectivity index (χ3n) is 13.0. The Hall–Kier alpha value is -5.05. The molecule has 7 heterocycles.